The fourth-order valence-electron chi connectivity index (χ4n) is 4.42. The van der Waals surface area contributed by atoms with Crippen molar-refractivity contribution < 1.29 is 28.9 Å². The standard InChI is InChI=1S/C23H36N4O6/c1-23(2,3)33-22(30)26-18-5-4-11-24-19(18)13-31-16-8-6-15(7-9-16)17-10-12-25-27-21(17)32-14-20(28)29/h10,12,15-16,18-19,24H,4-9,11,13-14H2,1-3H3,(H,26,30)(H,28,29)/t15-,16+,18?,19?. The summed E-state index contributed by atoms with van der Waals surface area (Å²) in [5, 5.41) is 23.1. The summed E-state index contributed by atoms with van der Waals surface area (Å²) in [6, 6.07) is 1.88. The molecular weight excluding hydrogens is 428 g/mol. The summed E-state index contributed by atoms with van der Waals surface area (Å²) in [6.07, 6.45) is 6.83. The molecule has 2 unspecified atom stereocenters. The smallest absolute Gasteiger partial charge is 0.407 e. The van der Waals surface area contributed by atoms with Gasteiger partial charge < -0.3 is 30.0 Å². The van der Waals surface area contributed by atoms with Crippen LogP contribution in [0.4, 0.5) is 4.79 Å². The van der Waals surface area contributed by atoms with Crippen molar-refractivity contribution in [2.45, 2.75) is 89.0 Å². The van der Waals surface area contributed by atoms with Crippen LogP contribution in [0, 0.1) is 0 Å². The largest absolute Gasteiger partial charge is 0.479 e. The van der Waals surface area contributed by atoms with Crippen LogP contribution in [0.1, 0.15) is 70.8 Å². The molecule has 2 aliphatic rings. The van der Waals surface area contributed by atoms with Gasteiger partial charge in [0, 0.05) is 11.6 Å². The highest BCUT2D eigenvalue weighted by atomic mass is 16.6. The first-order chi connectivity index (χ1) is 15.7. The SMILES string of the molecule is CC(C)(C)OC(=O)NC1CCCNC1CO[C@H]1CC[C@@H](c2ccnnc2OCC(=O)O)CC1. The number of carbonyl (C=O) groups is 2. The van der Waals surface area contributed by atoms with Gasteiger partial charge in [-0.25, -0.2) is 9.59 Å². The molecule has 0 spiro atoms. The summed E-state index contributed by atoms with van der Waals surface area (Å²) >= 11 is 0. The van der Waals surface area contributed by atoms with E-state index in [0.717, 1.165) is 50.6 Å². The number of carbonyl (C=O) groups excluding carboxylic acids is 1. The molecule has 1 aromatic heterocycles. The zero-order chi connectivity index (χ0) is 23.8. The zero-order valence-electron chi connectivity index (χ0n) is 19.7. The van der Waals surface area contributed by atoms with Gasteiger partial charge in [-0.1, -0.05) is 0 Å². The number of hydrogen-bond donors (Lipinski definition) is 3. The van der Waals surface area contributed by atoms with Gasteiger partial charge in [0.05, 0.1) is 24.9 Å². The van der Waals surface area contributed by atoms with Crippen molar-refractivity contribution in [1.82, 2.24) is 20.8 Å². The zero-order valence-corrected chi connectivity index (χ0v) is 19.7. The van der Waals surface area contributed by atoms with E-state index in [1.807, 2.05) is 26.8 Å². The Hall–Kier alpha value is -2.46. The monoisotopic (exact) mass is 464 g/mol. The van der Waals surface area contributed by atoms with Crippen molar-refractivity contribution in [3.8, 4) is 5.88 Å². The fraction of sp³-hybridized carbons (Fsp3) is 0.739. The Morgan fingerprint density at radius 3 is 2.67 bits per heavy atom. The molecule has 33 heavy (non-hydrogen) atoms. The lowest BCUT2D eigenvalue weighted by Crippen LogP contribution is -2.56. The molecule has 1 aliphatic heterocycles. The molecule has 2 atom stereocenters. The number of aromatic nitrogens is 2. The number of nitrogens with zero attached hydrogens (tertiary/aromatic N) is 2. The third-order valence-electron chi connectivity index (χ3n) is 5.96. The molecule has 2 fully saturated rings. The van der Waals surface area contributed by atoms with Crippen molar-refractivity contribution in [3.05, 3.63) is 17.8 Å². The second-order valence-corrected chi connectivity index (χ2v) is 9.74. The summed E-state index contributed by atoms with van der Waals surface area (Å²) < 4.78 is 17.0. The van der Waals surface area contributed by atoms with Crippen molar-refractivity contribution in [3.63, 3.8) is 0 Å². The van der Waals surface area contributed by atoms with Gasteiger partial charge in [-0.3, -0.25) is 0 Å². The minimum Gasteiger partial charge on any atom is -0.479 e. The number of ether oxygens (including phenoxy) is 3. The van der Waals surface area contributed by atoms with Crippen LogP contribution in [-0.2, 0) is 14.3 Å². The highest BCUT2D eigenvalue weighted by molar-refractivity contribution is 5.68. The molecular formula is C23H36N4O6. The molecule has 3 rings (SSSR count). The van der Waals surface area contributed by atoms with E-state index in [1.54, 1.807) is 6.20 Å². The summed E-state index contributed by atoms with van der Waals surface area (Å²) in [5.41, 5.74) is 0.375. The number of amides is 1. The Morgan fingerprint density at radius 2 is 1.97 bits per heavy atom. The average molecular weight is 465 g/mol. The Morgan fingerprint density at radius 1 is 1.21 bits per heavy atom. The first-order valence-electron chi connectivity index (χ1n) is 11.7. The number of carboxylic acids is 1. The van der Waals surface area contributed by atoms with Gasteiger partial charge in [0.25, 0.3) is 0 Å². The molecule has 1 amide bonds. The molecule has 0 bridgehead atoms. The molecule has 0 radical (unpaired) electrons. The number of hydrogen-bond acceptors (Lipinski definition) is 8. The van der Waals surface area contributed by atoms with E-state index in [4.69, 9.17) is 19.3 Å². The number of aliphatic carboxylic acids is 1. The predicted molar refractivity (Wildman–Crippen MR) is 120 cm³/mol. The van der Waals surface area contributed by atoms with E-state index < -0.39 is 24.3 Å². The molecule has 1 aliphatic carbocycles. The van der Waals surface area contributed by atoms with Crippen molar-refractivity contribution in [2.75, 3.05) is 19.8 Å². The molecule has 1 saturated heterocycles. The molecule has 10 heteroatoms. The molecule has 1 aromatic rings. The Kier molecular flexibility index (Phi) is 8.85. The van der Waals surface area contributed by atoms with E-state index in [1.165, 1.54) is 0 Å². The lowest BCUT2D eigenvalue weighted by molar-refractivity contribution is -0.139. The van der Waals surface area contributed by atoms with E-state index in [-0.39, 0.29) is 24.1 Å². The number of nitrogens with one attached hydrogen (secondary N) is 2. The molecule has 184 valence electrons. The normalized spacial score (nSPS) is 25.8. The fourth-order valence-corrected chi connectivity index (χ4v) is 4.42. The number of alkyl carbamates (subject to hydrolysis) is 1. The molecule has 1 saturated carbocycles. The topological polar surface area (TPSA) is 132 Å². The predicted octanol–water partition coefficient (Wildman–Crippen LogP) is 2.63. The van der Waals surface area contributed by atoms with Crippen LogP contribution < -0.4 is 15.4 Å². The maximum atomic E-state index is 12.2. The van der Waals surface area contributed by atoms with Crippen LogP contribution in [0.3, 0.4) is 0 Å². The Labute approximate surface area is 194 Å². The first-order valence-corrected chi connectivity index (χ1v) is 11.7. The lowest BCUT2D eigenvalue weighted by Gasteiger charge is -2.35. The number of rotatable bonds is 8. The number of carboxylic acid groups (broad SMARTS) is 1. The van der Waals surface area contributed by atoms with Crippen molar-refractivity contribution in [2.24, 2.45) is 0 Å². The minimum atomic E-state index is -1.04. The van der Waals surface area contributed by atoms with E-state index in [9.17, 15) is 9.59 Å². The lowest BCUT2D eigenvalue weighted by atomic mass is 9.83. The highest BCUT2D eigenvalue weighted by Gasteiger charge is 2.31. The molecule has 0 aromatic carbocycles. The molecule has 3 N–H and O–H groups in total. The third kappa shape index (κ3) is 8.12. The van der Waals surface area contributed by atoms with Gasteiger partial charge in [0.15, 0.2) is 6.61 Å². The van der Waals surface area contributed by atoms with Gasteiger partial charge in [-0.15, -0.1) is 5.10 Å². The van der Waals surface area contributed by atoms with Crippen LogP contribution in [0.25, 0.3) is 0 Å². The van der Waals surface area contributed by atoms with Gasteiger partial charge >= 0.3 is 12.1 Å². The molecule has 10 nitrogen and oxygen atoms in total. The number of piperidine rings is 1. The van der Waals surface area contributed by atoms with Gasteiger partial charge in [0.2, 0.25) is 5.88 Å². The van der Waals surface area contributed by atoms with Gasteiger partial charge in [-0.05, 0) is 77.8 Å². The van der Waals surface area contributed by atoms with Crippen LogP contribution in [-0.4, -0.2) is 70.9 Å². The van der Waals surface area contributed by atoms with Crippen molar-refractivity contribution in [1.29, 1.82) is 0 Å². The van der Waals surface area contributed by atoms with Crippen molar-refractivity contribution >= 4 is 12.1 Å². The maximum Gasteiger partial charge on any atom is 0.407 e. The first kappa shape index (κ1) is 25.2. The van der Waals surface area contributed by atoms with Crippen LogP contribution >= 0.6 is 0 Å². The Bertz CT molecular complexity index is 791. The molecule has 2 heterocycles. The second kappa shape index (κ2) is 11.6. The Balaban J connectivity index is 1.47. The van der Waals surface area contributed by atoms with E-state index in [2.05, 4.69) is 20.8 Å². The van der Waals surface area contributed by atoms with Crippen LogP contribution in [0.2, 0.25) is 0 Å². The summed E-state index contributed by atoms with van der Waals surface area (Å²) in [4.78, 5) is 23.0. The van der Waals surface area contributed by atoms with Crippen LogP contribution in [0.15, 0.2) is 12.3 Å². The van der Waals surface area contributed by atoms with Gasteiger partial charge in [0.1, 0.15) is 5.60 Å². The summed E-state index contributed by atoms with van der Waals surface area (Å²) in [7, 11) is 0. The van der Waals surface area contributed by atoms with Gasteiger partial charge in [-0.2, -0.15) is 5.10 Å². The highest BCUT2D eigenvalue weighted by Crippen LogP contribution is 2.37. The minimum absolute atomic E-state index is 0.0261. The van der Waals surface area contributed by atoms with Crippen LogP contribution in [0.5, 0.6) is 5.88 Å². The second-order valence-electron chi connectivity index (χ2n) is 9.74. The maximum absolute atomic E-state index is 12.2. The van der Waals surface area contributed by atoms with E-state index in [0.29, 0.717) is 12.5 Å². The summed E-state index contributed by atoms with van der Waals surface area (Å²) in [6.45, 7) is 6.56. The summed E-state index contributed by atoms with van der Waals surface area (Å²) in [5.74, 6) is -0.509. The quantitative estimate of drug-likeness (QED) is 0.531. The van der Waals surface area contributed by atoms with E-state index >= 15 is 0 Å². The average Bonchev–Trinajstić information content (AvgIpc) is 2.76. The third-order valence-corrected chi connectivity index (χ3v) is 5.96.